The van der Waals surface area contributed by atoms with Gasteiger partial charge in [-0.2, -0.15) is 4.68 Å². The van der Waals surface area contributed by atoms with Gasteiger partial charge in [0.15, 0.2) is 5.82 Å². The van der Waals surface area contributed by atoms with Crippen LogP contribution < -0.4 is 5.56 Å². The van der Waals surface area contributed by atoms with Gasteiger partial charge in [-0.05, 0) is 31.4 Å². The molecule has 0 atom stereocenters. The molecule has 6 nitrogen and oxygen atoms in total. The van der Waals surface area contributed by atoms with Gasteiger partial charge >= 0.3 is 5.97 Å². The van der Waals surface area contributed by atoms with E-state index in [1.165, 1.54) is 4.68 Å². The first kappa shape index (κ1) is 11.7. The molecule has 1 aliphatic heterocycles. The number of rotatable bonds is 2. The summed E-state index contributed by atoms with van der Waals surface area (Å²) in [7, 11) is 0. The topological polar surface area (TPSA) is 77.1 Å². The van der Waals surface area contributed by atoms with Crippen LogP contribution in [0.4, 0.5) is 0 Å². The van der Waals surface area contributed by atoms with Crippen molar-refractivity contribution in [3.8, 4) is 5.82 Å². The Morgan fingerprint density at radius 2 is 2.16 bits per heavy atom. The lowest BCUT2D eigenvalue weighted by molar-refractivity contribution is 0.0694. The molecular weight excluding hydrogens is 246 g/mol. The highest BCUT2D eigenvalue weighted by molar-refractivity contribution is 5.88. The minimum Gasteiger partial charge on any atom is -0.477 e. The lowest BCUT2D eigenvalue weighted by atomic mass is 10.1. The van der Waals surface area contributed by atoms with E-state index in [0.717, 1.165) is 12.8 Å². The third-order valence-corrected chi connectivity index (χ3v) is 3.36. The Morgan fingerprint density at radius 1 is 1.32 bits per heavy atom. The summed E-state index contributed by atoms with van der Waals surface area (Å²) in [6.45, 7) is 0.647. The van der Waals surface area contributed by atoms with Crippen LogP contribution in [0.3, 0.4) is 0 Å². The summed E-state index contributed by atoms with van der Waals surface area (Å²) >= 11 is 0. The van der Waals surface area contributed by atoms with Crippen LogP contribution in [0.15, 0.2) is 29.2 Å². The molecule has 2 aromatic rings. The molecule has 0 saturated heterocycles. The van der Waals surface area contributed by atoms with Crippen molar-refractivity contribution in [3.63, 3.8) is 0 Å². The Kier molecular flexibility index (Phi) is 2.70. The van der Waals surface area contributed by atoms with E-state index in [-0.39, 0.29) is 5.56 Å². The summed E-state index contributed by atoms with van der Waals surface area (Å²) in [6.07, 6.45) is 4.06. The van der Waals surface area contributed by atoms with E-state index in [1.54, 1.807) is 29.1 Å². The molecular formula is C13H13N3O3. The molecule has 0 aliphatic carbocycles. The molecule has 0 bridgehead atoms. The van der Waals surface area contributed by atoms with Gasteiger partial charge in [0.05, 0.1) is 5.69 Å². The molecule has 0 unspecified atom stereocenters. The number of carboxylic acids is 1. The monoisotopic (exact) mass is 259 g/mol. The van der Waals surface area contributed by atoms with Crippen LogP contribution in [0.2, 0.25) is 0 Å². The smallest absolute Gasteiger partial charge is 0.343 e. The Hall–Kier alpha value is -2.37. The van der Waals surface area contributed by atoms with Gasteiger partial charge in [-0.15, -0.1) is 0 Å². The van der Waals surface area contributed by atoms with Crippen molar-refractivity contribution < 1.29 is 9.90 Å². The average molecular weight is 259 g/mol. The maximum absolute atomic E-state index is 12.3. The quantitative estimate of drug-likeness (QED) is 0.875. The lowest BCUT2D eigenvalue weighted by Crippen LogP contribution is -2.25. The third-order valence-electron chi connectivity index (χ3n) is 3.36. The molecule has 1 N–H and O–H groups in total. The highest BCUT2D eigenvalue weighted by Gasteiger charge is 2.27. The van der Waals surface area contributed by atoms with Crippen molar-refractivity contribution in [2.45, 2.75) is 25.8 Å². The van der Waals surface area contributed by atoms with E-state index in [1.807, 2.05) is 0 Å². The number of hydrogen-bond donors (Lipinski definition) is 1. The normalized spacial score (nSPS) is 14.1. The van der Waals surface area contributed by atoms with Crippen molar-refractivity contribution >= 4 is 5.97 Å². The molecule has 2 aromatic heterocycles. The van der Waals surface area contributed by atoms with Crippen LogP contribution in [-0.4, -0.2) is 25.4 Å². The van der Waals surface area contributed by atoms with Crippen LogP contribution >= 0.6 is 0 Å². The standard InChI is InChI=1S/C13H13N3O3/c17-12-11(13(18)19)9-5-2-4-8-15(9)16(12)10-6-1-3-7-14-10/h1,3,6-7H,2,4-5,8H2,(H,18,19). The predicted molar refractivity (Wildman–Crippen MR) is 67.7 cm³/mol. The zero-order valence-corrected chi connectivity index (χ0v) is 10.2. The highest BCUT2D eigenvalue weighted by atomic mass is 16.4. The zero-order chi connectivity index (χ0) is 13.4. The molecule has 19 heavy (non-hydrogen) atoms. The average Bonchev–Trinajstić information content (AvgIpc) is 2.71. The van der Waals surface area contributed by atoms with Gasteiger partial charge in [-0.1, -0.05) is 6.07 Å². The number of aromatic nitrogens is 3. The fourth-order valence-corrected chi connectivity index (χ4v) is 2.55. The first-order chi connectivity index (χ1) is 9.20. The molecule has 6 heteroatoms. The number of carbonyl (C=O) groups is 1. The van der Waals surface area contributed by atoms with E-state index in [0.29, 0.717) is 24.5 Å². The number of pyridine rings is 1. The fraction of sp³-hybridized carbons (Fsp3) is 0.308. The number of hydrogen-bond acceptors (Lipinski definition) is 3. The summed E-state index contributed by atoms with van der Waals surface area (Å²) in [5, 5.41) is 9.23. The van der Waals surface area contributed by atoms with Crippen molar-refractivity contribution in [1.29, 1.82) is 0 Å². The van der Waals surface area contributed by atoms with Crippen LogP contribution in [0.1, 0.15) is 28.9 Å². The lowest BCUT2D eigenvalue weighted by Gasteiger charge is -2.18. The summed E-state index contributed by atoms with van der Waals surface area (Å²) in [6, 6.07) is 5.24. The van der Waals surface area contributed by atoms with E-state index >= 15 is 0 Å². The van der Waals surface area contributed by atoms with Gasteiger partial charge in [-0.3, -0.25) is 9.48 Å². The van der Waals surface area contributed by atoms with Crippen molar-refractivity contribution in [1.82, 2.24) is 14.3 Å². The van der Waals surface area contributed by atoms with E-state index < -0.39 is 11.5 Å². The summed E-state index contributed by atoms with van der Waals surface area (Å²) < 4.78 is 3.12. The van der Waals surface area contributed by atoms with E-state index in [9.17, 15) is 14.7 Å². The second kappa shape index (κ2) is 4.38. The van der Waals surface area contributed by atoms with Crippen LogP contribution in [0.25, 0.3) is 5.82 Å². The van der Waals surface area contributed by atoms with Gasteiger partial charge in [0.1, 0.15) is 5.56 Å². The molecule has 0 radical (unpaired) electrons. The highest BCUT2D eigenvalue weighted by Crippen LogP contribution is 2.19. The first-order valence-electron chi connectivity index (χ1n) is 6.19. The van der Waals surface area contributed by atoms with Gasteiger partial charge < -0.3 is 5.11 Å². The molecule has 3 heterocycles. The van der Waals surface area contributed by atoms with Crippen LogP contribution in [-0.2, 0) is 13.0 Å². The van der Waals surface area contributed by atoms with Crippen LogP contribution in [0.5, 0.6) is 0 Å². The molecule has 0 fully saturated rings. The minimum absolute atomic E-state index is 0.120. The van der Waals surface area contributed by atoms with E-state index in [2.05, 4.69) is 4.98 Å². The summed E-state index contributed by atoms with van der Waals surface area (Å²) in [5.41, 5.74) is -0.0112. The van der Waals surface area contributed by atoms with Gasteiger partial charge in [-0.25, -0.2) is 9.78 Å². The summed E-state index contributed by atoms with van der Waals surface area (Å²) in [5.74, 6) is -0.700. The maximum atomic E-state index is 12.3. The second-order valence-corrected chi connectivity index (χ2v) is 4.51. The van der Waals surface area contributed by atoms with Gasteiger partial charge in [0.25, 0.3) is 5.56 Å². The minimum atomic E-state index is -1.16. The molecule has 0 aromatic carbocycles. The summed E-state index contributed by atoms with van der Waals surface area (Å²) in [4.78, 5) is 27.8. The number of carboxylic acid groups (broad SMARTS) is 1. The predicted octanol–water partition coefficient (Wildman–Crippen LogP) is 1.07. The SMILES string of the molecule is O=C(O)c1c2n(n(-c3ccccn3)c1=O)CCCC2. The molecule has 0 amide bonds. The largest absolute Gasteiger partial charge is 0.477 e. The molecule has 3 rings (SSSR count). The Labute approximate surface area is 108 Å². The number of aromatic carboxylic acids is 1. The Bertz CT molecular complexity index is 685. The van der Waals surface area contributed by atoms with Crippen LogP contribution in [0, 0.1) is 0 Å². The number of fused-ring (bicyclic) bond motifs is 1. The molecule has 0 spiro atoms. The fourth-order valence-electron chi connectivity index (χ4n) is 2.55. The number of nitrogens with zero attached hydrogens (tertiary/aromatic N) is 3. The van der Waals surface area contributed by atoms with Crippen molar-refractivity contribution in [2.24, 2.45) is 0 Å². The molecule has 98 valence electrons. The third kappa shape index (κ3) is 1.76. The molecule has 1 aliphatic rings. The maximum Gasteiger partial charge on any atom is 0.343 e. The Balaban J connectivity index is 2.31. The first-order valence-corrected chi connectivity index (χ1v) is 6.19. The molecule has 0 saturated carbocycles. The van der Waals surface area contributed by atoms with E-state index in [4.69, 9.17) is 0 Å². The second-order valence-electron chi connectivity index (χ2n) is 4.51. The van der Waals surface area contributed by atoms with Crippen molar-refractivity contribution in [2.75, 3.05) is 0 Å². The zero-order valence-electron chi connectivity index (χ0n) is 10.2. The van der Waals surface area contributed by atoms with Gasteiger partial charge in [0.2, 0.25) is 0 Å². The van der Waals surface area contributed by atoms with Gasteiger partial charge in [0, 0.05) is 12.7 Å². The van der Waals surface area contributed by atoms with Crippen molar-refractivity contribution in [3.05, 3.63) is 46.0 Å². The Morgan fingerprint density at radius 3 is 2.84 bits per heavy atom.